The van der Waals surface area contributed by atoms with Gasteiger partial charge >= 0.3 is 15.6 Å². The summed E-state index contributed by atoms with van der Waals surface area (Å²) in [5, 5.41) is 0. The van der Waals surface area contributed by atoms with Gasteiger partial charge in [0.2, 0.25) is 0 Å². The van der Waals surface area contributed by atoms with Crippen LogP contribution in [0.15, 0.2) is 99.6 Å². The third-order valence-electron chi connectivity index (χ3n) is 5.64. The van der Waals surface area contributed by atoms with E-state index in [1.165, 1.54) is 6.42 Å². The molecule has 1 aliphatic rings. The number of benzene rings is 3. The van der Waals surface area contributed by atoms with Gasteiger partial charge in [-0.1, -0.05) is 42.8 Å². The molecule has 182 valence electrons. The predicted octanol–water partition coefficient (Wildman–Crippen LogP) is 7.46. The van der Waals surface area contributed by atoms with E-state index in [0.29, 0.717) is 20.4 Å². The van der Waals surface area contributed by atoms with E-state index in [9.17, 15) is 21.6 Å². The third kappa shape index (κ3) is 5.11. The van der Waals surface area contributed by atoms with E-state index >= 15 is 0 Å². The molecule has 0 saturated heterocycles. The smallest absolute Gasteiger partial charge is 0.490 e. The summed E-state index contributed by atoms with van der Waals surface area (Å²) in [6, 6.07) is 22.8. The van der Waals surface area contributed by atoms with E-state index in [-0.39, 0.29) is 6.10 Å². The number of ether oxygens (including phenoxy) is 1. The second-order valence-electron chi connectivity index (χ2n) is 8.00. The maximum atomic E-state index is 13.5. The van der Waals surface area contributed by atoms with E-state index in [2.05, 4.69) is 0 Å². The summed E-state index contributed by atoms with van der Waals surface area (Å²) < 4.78 is 76.6. The molecule has 0 heterocycles. The largest absolute Gasteiger partial charge is 0.524 e. The maximum Gasteiger partial charge on any atom is 0.524 e. The predicted molar refractivity (Wildman–Crippen MR) is 125 cm³/mol. The van der Waals surface area contributed by atoms with Crippen LogP contribution in [0.25, 0.3) is 0 Å². The molecule has 0 aliphatic heterocycles. The Hall–Kier alpha value is -2.49. The van der Waals surface area contributed by atoms with Crippen molar-refractivity contribution < 1.29 is 30.0 Å². The highest BCUT2D eigenvalue weighted by Gasteiger charge is 2.52. The Bertz CT molecular complexity index is 1140. The molecule has 0 radical (unpaired) electrons. The van der Waals surface area contributed by atoms with Crippen LogP contribution in [0.4, 0.5) is 13.2 Å². The molecular formula is C25H25F3O4S2. The number of alkyl halides is 3. The molecule has 9 heteroatoms. The first kappa shape index (κ1) is 24.6. The SMILES string of the molecule is O=S(=O)(OS(c1ccccc1)(c1ccccc1)c1ccc(OC2CCCCC2)cc1)C(F)(F)F. The van der Waals surface area contributed by atoms with Gasteiger partial charge in [0.05, 0.1) is 6.10 Å². The van der Waals surface area contributed by atoms with Crippen molar-refractivity contribution in [3.63, 3.8) is 0 Å². The average Bonchev–Trinajstić information content (AvgIpc) is 2.84. The van der Waals surface area contributed by atoms with Crippen LogP contribution in [0.3, 0.4) is 0 Å². The van der Waals surface area contributed by atoms with E-state index < -0.39 is 25.9 Å². The Morgan fingerprint density at radius 2 is 1.15 bits per heavy atom. The van der Waals surface area contributed by atoms with Crippen LogP contribution >= 0.6 is 10.3 Å². The number of halogens is 3. The Balaban J connectivity index is 1.84. The minimum absolute atomic E-state index is 0.0989. The summed E-state index contributed by atoms with van der Waals surface area (Å²) in [5.74, 6) is 0.587. The summed E-state index contributed by atoms with van der Waals surface area (Å²) in [4.78, 5) is 0.971. The van der Waals surface area contributed by atoms with Gasteiger partial charge in [-0.15, -0.1) is 0 Å². The monoisotopic (exact) mass is 510 g/mol. The Morgan fingerprint density at radius 3 is 1.62 bits per heavy atom. The number of rotatable bonds is 7. The summed E-state index contributed by atoms with van der Waals surface area (Å²) >= 11 is 0. The van der Waals surface area contributed by atoms with Crippen molar-refractivity contribution in [2.45, 2.75) is 58.4 Å². The first-order chi connectivity index (χ1) is 16.2. The second kappa shape index (κ2) is 10.0. The fraction of sp³-hybridized carbons (Fsp3) is 0.280. The molecule has 3 aromatic rings. The number of hydrogen-bond donors (Lipinski definition) is 0. The molecule has 0 atom stereocenters. The summed E-state index contributed by atoms with van der Waals surface area (Å²) in [6.07, 6.45) is 5.39. The molecule has 3 aromatic carbocycles. The fourth-order valence-electron chi connectivity index (χ4n) is 4.01. The highest BCUT2D eigenvalue weighted by molar-refractivity contribution is 8.33. The average molecular weight is 511 g/mol. The number of hydrogen-bond acceptors (Lipinski definition) is 4. The molecule has 1 saturated carbocycles. The minimum Gasteiger partial charge on any atom is -0.490 e. The van der Waals surface area contributed by atoms with Gasteiger partial charge in [0.15, 0.2) is 0 Å². The third-order valence-corrected chi connectivity index (χ3v) is 10.5. The zero-order valence-electron chi connectivity index (χ0n) is 18.3. The summed E-state index contributed by atoms with van der Waals surface area (Å²) in [5.41, 5.74) is -5.57. The summed E-state index contributed by atoms with van der Waals surface area (Å²) in [6.45, 7) is 0. The molecule has 4 nitrogen and oxygen atoms in total. The molecule has 0 bridgehead atoms. The van der Waals surface area contributed by atoms with Crippen molar-refractivity contribution in [3.05, 3.63) is 84.9 Å². The molecule has 34 heavy (non-hydrogen) atoms. The fourth-order valence-corrected chi connectivity index (χ4v) is 8.75. The normalized spacial score (nSPS) is 16.2. The van der Waals surface area contributed by atoms with Crippen LogP contribution in [0, 0.1) is 0 Å². The minimum atomic E-state index is -5.93. The molecule has 0 unspecified atom stereocenters. The lowest BCUT2D eigenvalue weighted by molar-refractivity contribution is -0.0496. The maximum absolute atomic E-state index is 13.5. The molecule has 1 aliphatic carbocycles. The molecule has 0 amide bonds. The van der Waals surface area contributed by atoms with Crippen LogP contribution in [-0.2, 0) is 13.7 Å². The van der Waals surface area contributed by atoms with Gasteiger partial charge in [-0.05, 0) is 84.5 Å². The van der Waals surface area contributed by atoms with Gasteiger partial charge in [0.1, 0.15) is 5.75 Å². The van der Waals surface area contributed by atoms with Crippen LogP contribution in [0.2, 0.25) is 0 Å². The Kier molecular flexibility index (Phi) is 7.25. The second-order valence-corrected chi connectivity index (χ2v) is 12.4. The molecule has 0 N–H and O–H groups in total. The van der Waals surface area contributed by atoms with Crippen LogP contribution in [0.5, 0.6) is 5.75 Å². The van der Waals surface area contributed by atoms with Gasteiger partial charge in [-0.3, -0.25) is 0 Å². The van der Waals surface area contributed by atoms with Crippen molar-refractivity contribution in [2.24, 2.45) is 0 Å². The lowest BCUT2D eigenvalue weighted by Gasteiger charge is -2.39. The molecule has 4 rings (SSSR count). The van der Waals surface area contributed by atoms with Gasteiger partial charge < -0.3 is 4.74 Å². The first-order valence-corrected chi connectivity index (χ1v) is 13.9. The van der Waals surface area contributed by atoms with E-state index in [4.69, 9.17) is 8.37 Å². The van der Waals surface area contributed by atoms with Crippen molar-refractivity contribution >= 4 is 20.4 Å². The standard InChI is InChI=1S/C25H25F3O4S2/c26-25(27,28)34(29,30)32-33(22-12-6-2-7-13-22,23-14-8-3-9-15-23)24-18-16-21(17-19-24)31-20-10-4-1-5-11-20/h2-3,6-9,12-20H,1,4-5,10-11H2. The highest BCUT2D eigenvalue weighted by Crippen LogP contribution is 2.70. The Labute approximate surface area is 199 Å². The van der Waals surface area contributed by atoms with E-state index in [1.807, 2.05) is 0 Å². The van der Waals surface area contributed by atoms with Crippen molar-refractivity contribution in [3.8, 4) is 5.75 Å². The molecule has 0 spiro atoms. The lowest BCUT2D eigenvalue weighted by atomic mass is 9.98. The van der Waals surface area contributed by atoms with E-state index in [0.717, 1.165) is 25.7 Å². The zero-order valence-corrected chi connectivity index (χ0v) is 19.9. The van der Waals surface area contributed by atoms with Crippen molar-refractivity contribution in [1.82, 2.24) is 0 Å². The molecular weight excluding hydrogens is 485 g/mol. The summed E-state index contributed by atoms with van der Waals surface area (Å²) in [7, 11) is -9.21. The van der Waals surface area contributed by atoms with E-state index in [1.54, 1.807) is 84.9 Å². The van der Waals surface area contributed by atoms with Crippen LogP contribution in [0.1, 0.15) is 32.1 Å². The zero-order chi connectivity index (χ0) is 24.2. The highest BCUT2D eigenvalue weighted by atomic mass is 32.3. The van der Waals surface area contributed by atoms with Gasteiger partial charge in [-0.25, -0.2) is 0 Å². The van der Waals surface area contributed by atoms with Gasteiger partial charge in [0, 0.05) is 14.7 Å². The van der Waals surface area contributed by atoms with Crippen LogP contribution in [-0.4, -0.2) is 20.0 Å². The molecule has 1 fully saturated rings. The van der Waals surface area contributed by atoms with Gasteiger partial charge in [-0.2, -0.15) is 25.2 Å². The van der Waals surface area contributed by atoms with Crippen molar-refractivity contribution in [2.75, 3.05) is 0 Å². The quantitative estimate of drug-likeness (QED) is 0.310. The van der Waals surface area contributed by atoms with Crippen LogP contribution < -0.4 is 4.74 Å². The van der Waals surface area contributed by atoms with Gasteiger partial charge in [0.25, 0.3) is 0 Å². The first-order valence-electron chi connectivity index (χ1n) is 10.9. The van der Waals surface area contributed by atoms with Crippen molar-refractivity contribution in [1.29, 1.82) is 0 Å². The molecule has 0 aromatic heterocycles. The topological polar surface area (TPSA) is 52.6 Å². The lowest BCUT2D eigenvalue weighted by Crippen LogP contribution is -2.27. The Morgan fingerprint density at radius 1 is 0.676 bits per heavy atom.